The summed E-state index contributed by atoms with van der Waals surface area (Å²) in [4.78, 5) is 2.67. The van der Waals surface area contributed by atoms with Crippen LogP contribution in [0, 0.1) is 0 Å². The maximum Gasteiger partial charge on any atom is 0.125 e. The van der Waals surface area contributed by atoms with Crippen molar-refractivity contribution < 1.29 is 4.74 Å². The lowest BCUT2D eigenvalue weighted by atomic mass is 9.85. The van der Waals surface area contributed by atoms with E-state index in [2.05, 4.69) is 34.5 Å². The Hall–Kier alpha value is -1.06. The lowest BCUT2D eigenvalue weighted by Crippen LogP contribution is -2.46. The lowest BCUT2D eigenvalue weighted by Gasteiger charge is -2.42. The van der Waals surface area contributed by atoms with Gasteiger partial charge in [-0.25, -0.2) is 0 Å². The van der Waals surface area contributed by atoms with Crippen molar-refractivity contribution in [2.75, 3.05) is 26.2 Å². The van der Waals surface area contributed by atoms with Crippen LogP contribution in [0.4, 0.5) is 0 Å². The van der Waals surface area contributed by atoms with Gasteiger partial charge in [0.1, 0.15) is 11.4 Å². The molecule has 2 saturated heterocycles. The summed E-state index contributed by atoms with van der Waals surface area (Å²) in [5.41, 5.74) is 1.45. The third-order valence-corrected chi connectivity index (χ3v) is 4.96. The number of rotatable bonds is 1. The molecule has 1 N–H and O–H groups in total. The predicted molar refractivity (Wildman–Crippen MR) is 75.5 cm³/mol. The van der Waals surface area contributed by atoms with Gasteiger partial charge in [0.05, 0.1) is 0 Å². The number of ether oxygens (including phenoxy) is 1. The summed E-state index contributed by atoms with van der Waals surface area (Å²) >= 11 is 0. The molecule has 3 heteroatoms. The second-order valence-corrected chi connectivity index (χ2v) is 6.21. The molecule has 2 atom stereocenters. The number of hydrogen-bond acceptors (Lipinski definition) is 3. The van der Waals surface area contributed by atoms with Crippen molar-refractivity contribution in [3.63, 3.8) is 0 Å². The molecule has 3 aliphatic rings. The van der Waals surface area contributed by atoms with Crippen LogP contribution in [-0.2, 0) is 0 Å². The second-order valence-electron chi connectivity index (χ2n) is 6.21. The molecule has 0 aromatic heterocycles. The molecule has 0 amide bonds. The van der Waals surface area contributed by atoms with Crippen molar-refractivity contribution >= 4 is 0 Å². The molecule has 2 unspecified atom stereocenters. The highest BCUT2D eigenvalue weighted by molar-refractivity contribution is 5.39. The zero-order chi connectivity index (χ0) is 12.7. The van der Waals surface area contributed by atoms with Crippen LogP contribution in [0.1, 0.15) is 37.3 Å². The molecule has 4 rings (SSSR count). The van der Waals surface area contributed by atoms with Crippen LogP contribution in [0.15, 0.2) is 24.3 Å². The van der Waals surface area contributed by atoms with Crippen LogP contribution in [0.5, 0.6) is 5.75 Å². The van der Waals surface area contributed by atoms with Crippen LogP contribution < -0.4 is 10.1 Å². The SMILES string of the molecule is c1ccc2c(c1)OC1(CCNC1)CC2N1CCCC1. The van der Waals surface area contributed by atoms with Crippen LogP contribution in [0.3, 0.4) is 0 Å². The quantitative estimate of drug-likeness (QED) is 0.837. The minimum absolute atomic E-state index is 0.0433. The molecule has 102 valence electrons. The van der Waals surface area contributed by atoms with E-state index in [-0.39, 0.29) is 5.60 Å². The third-order valence-electron chi connectivity index (χ3n) is 4.96. The Bertz CT molecular complexity index is 462. The highest BCUT2D eigenvalue weighted by atomic mass is 16.5. The molecule has 0 saturated carbocycles. The maximum atomic E-state index is 6.38. The van der Waals surface area contributed by atoms with Gasteiger partial charge in [0.25, 0.3) is 0 Å². The van der Waals surface area contributed by atoms with Gasteiger partial charge in [-0.2, -0.15) is 0 Å². The van der Waals surface area contributed by atoms with Gasteiger partial charge in [-0.3, -0.25) is 4.90 Å². The number of nitrogens with one attached hydrogen (secondary N) is 1. The van der Waals surface area contributed by atoms with Crippen molar-refractivity contribution in [2.24, 2.45) is 0 Å². The Balaban J connectivity index is 1.71. The van der Waals surface area contributed by atoms with E-state index in [0.717, 1.165) is 31.7 Å². The van der Waals surface area contributed by atoms with Crippen LogP contribution >= 0.6 is 0 Å². The molecule has 2 fully saturated rings. The Kier molecular flexibility index (Phi) is 2.78. The summed E-state index contributed by atoms with van der Waals surface area (Å²) in [5, 5.41) is 3.48. The van der Waals surface area contributed by atoms with Crippen LogP contribution in [-0.4, -0.2) is 36.7 Å². The zero-order valence-electron chi connectivity index (χ0n) is 11.4. The van der Waals surface area contributed by atoms with Crippen molar-refractivity contribution in [1.29, 1.82) is 0 Å². The van der Waals surface area contributed by atoms with Gasteiger partial charge in [0.2, 0.25) is 0 Å². The van der Waals surface area contributed by atoms with Crippen molar-refractivity contribution in [3.05, 3.63) is 29.8 Å². The molecular formula is C16H22N2O. The standard InChI is InChI=1S/C16H22N2O/c1-2-6-15-13(5-1)14(18-9-3-4-10-18)11-16(19-15)7-8-17-12-16/h1-2,5-6,14,17H,3-4,7-12H2. The number of fused-ring (bicyclic) bond motifs is 1. The Labute approximate surface area is 114 Å². The van der Waals surface area contributed by atoms with E-state index in [4.69, 9.17) is 4.74 Å². The van der Waals surface area contributed by atoms with Gasteiger partial charge in [0.15, 0.2) is 0 Å². The molecule has 3 nitrogen and oxygen atoms in total. The Morgan fingerprint density at radius 3 is 2.84 bits per heavy atom. The van der Waals surface area contributed by atoms with Gasteiger partial charge >= 0.3 is 0 Å². The van der Waals surface area contributed by atoms with Crippen molar-refractivity contribution in [3.8, 4) is 5.75 Å². The monoisotopic (exact) mass is 258 g/mol. The summed E-state index contributed by atoms with van der Waals surface area (Å²) in [6.45, 7) is 4.60. The van der Waals surface area contributed by atoms with E-state index >= 15 is 0 Å². The molecule has 3 heterocycles. The minimum Gasteiger partial charge on any atom is -0.485 e. The zero-order valence-corrected chi connectivity index (χ0v) is 11.4. The molecular weight excluding hydrogens is 236 g/mol. The van der Waals surface area contributed by atoms with Gasteiger partial charge in [-0.05, 0) is 38.5 Å². The maximum absolute atomic E-state index is 6.38. The second kappa shape index (κ2) is 4.50. The van der Waals surface area contributed by atoms with Gasteiger partial charge < -0.3 is 10.1 Å². The van der Waals surface area contributed by atoms with Crippen LogP contribution in [0.2, 0.25) is 0 Å². The van der Waals surface area contributed by atoms with E-state index in [0.29, 0.717) is 6.04 Å². The molecule has 1 aromatic carbocycles. The molecule has 1 aromatic rings. The average Bonchev–Trinajstić information content (AvgIpc) is 3.10. The number of hydrogen-bond donors (Lipinski definition) is 1. The largest absolute Gasteiger partial charge is 0.485 e. The molecule has 3 aliphatic heterocycles. The molecule has 0 radical (unpaired) electrons. The topological polar surface area (TPSA) is 24.5 Å². The minimum atomic E-state index is 0.0433. The summed E-state index contributed by atoms with van der Waals surface area (Å²) < 4.78 is 6.38. The molecule has 0 aliphatic carbocycles. The molecule has 0 bridgehead atoms. The van der Waals surface area contributed by atoms with Crippen LogP contribution in [0.25, 0.3) is 0 Å². The normalized spacial score (nSPS) is 34.4. The third kappa shape index (κ3) is 1.96. The first-order chi connectivity index (χ1) is 9.36. The fourth-order valence-electron chi connectivity index (χ4n) is 3.95. The van der Waals surface area contributed by atoms with Crippen molar-refractivity contribution in [1.82, 2.24) is 10.2 Å². The highest BCUT2D eigenvalue weighted by Crippen LogP contribution is 2.45. The molecule has 19 heavy (non-hydrogen) atoms. The molecule has 1 spiro atoms. The van der Waals surface area contributed by atoms with E-state index in [1.807, 2.05) is 0 Å². The van der Waals surface area contributed by atoms with E-state index < -0.39 is 0 Å². The summed E-state index contributed by atoms with van der Waals surface area (Å²) in [6, 6.07) is 9.22. The number of likely N-dealkylation sites (tertiary alicyclic amines) is 1. The van der Waals surface area contributed by atoms with Gasteiger partial charge in [0, 0.05) is 31.0 Å². The van der Waals surface area contributed by atoms with E-state index in [1.54, 1.807) is 0 Å². The fraction of sp³-hybridized carbons (Fsp3) is 0.625. The number of nitrogens with zero attached hydrogens (tertiary/aromatic N) is 1. The van der Waals surface area contributed by atoms with E-state index in [9.17, 15) is 0 Å². The average molecular weight is 258 g/mol. The smallest absolute Gasteiger partial charge is 0.125 e. The predicted octanol–water partition coefficient (Wildman–Crippen LogP) is 2.34. The lowest BCUT2D eigenvalue weighted by molar-refractivity contribution is 0.0228. The first-order valence-electron chi connectivity index (χ1n) is 7.59. The Morgan fingerprint density at radius 2 is 2.05 bits per heavy atom. The summed E-state index contributed by atoms with van der Waals surface area (Å²) in [6.07, 6.45) is 5.00. The van der Waals surface area contributed by atoms with Gasteiger partial charge in [-0.15, -0.1) is 0 Å². The van der Waals surface area contributed by atoms with Crippen molar-refractivity contribution in [2.45, 2.75) is 37.3 Å². The first kappa shape index (κ1) is 11.7. The summed E-state index contributed by atoms with van der Waals surface area (Å²) in [7, 11) is 0. The summed E-state index contributed by atoms with van der Waals surface area (Å²) in [5.74, 6) is 1.12. The van der Waals surface area contributed by atoms with E-state index in [1.165, 1.54) is 31.5 Å². The fourth-order valence-corrected chi connectivity index (χ4v) is 3.95. The highest BCUT2D eigenvalue weighted by Gasteiger charge is 2.44. The number of benzene rings is 1. The number of para-hydroxylation sites is 1. The first-order valence-corrected chi connectivity index (χ1v) is 7.59. The van der Waals surface area contributed by atoms with Gasteiger partial charge in [-0.1, -0.05) is 18.2 Å². The Morgan fingerprint density at radius 1 is 1.21 bits per heavy atom.